The summed E-state index contributed by atoms with van der Waals surface area (Å²) >= 11 is 5.70. The average Bonchev–Trinajstić information content (AvgIpc) is 3.23. The number of aromatic nitrogens is 1. The molecule has 0 amide bonds. The summed E-state index contributed by atoms with van der Waals surface area (Å²) in [6, 6.07) is 17.8. The maximum absolute atomic E-state index is 12.8. The second-order valence-electron chi connectivity index (χ2n) is 7.47. The minimum atomic E-state index is -0.0772. The van der Waals surface area contributed by atoms with E-state index < -0.39 is 0 Å². The zero-order valence-corrected chi connectivity index (χ0v) is 17.3. The maximum atomic E-state index is 12.8. The predicted molar refractivity (Wildman–Crippen MR) is 121 cm³/mol. The molecule has 3 aromatic rings. The van der Waals surface area contributed by atoms with E-state index in [2.05, 4.69) is 10.3 Å². The van der Waals surface area contributed by atoms with Crippen LogP contribution in [-0.2, 0) is 11.3 Å². The first-order valence-corrected chi connectivity index (χ1v) is 10.3. The summed E-state index contributed by atoms with van der Waals surface area (Å²) in [7, 11) is 0. The summed E-state index contributed by atoms with van der Waals surface area (Å²) in [5.74, 6) is 0. The Morgan fingerprint density at radius 3 is 2.83 bits per heavy atom. The molecule has 2 aromatic carbocycles. The van der Waals surface area contributed by atoms with Crippen molar-refractivity contribution in [3.63, 3.8) is 0 Å². The SMILES string of the molecule is Cc1cccc2cc(CN(C[C@H]3CCCO3)C(=S)Nc3ccccc3)c(=O)[nH]c12. The lowest BCUT2D eigenvalue weighted by molar-refractivity contribution is 0.0904. The Labute approximate surface area is 175 Å². The number of H-pyrrole nitrogens is 1. The number of ether oxygens (including phenoxy) is 1. The van der Waals surface area contributed by atoms with Gasteiger partial charge in [0.2, 0.25) is 0 Å². The number of aryl methyl sites for hydroxylation is 1. The van der Waals surface area contributed by atoms with E-state index in [-0.39, 0.29) is 11.7 Å². The van der Waals surface area contributed by atoms with Crippen LogP contribution in [0, 0.1) is 6.92 Å². The molecule has 29 heavy (non-hydrogen) atoms. The van der Waals surface area contributed by atoms with E-state index >= 15 is 0 Å². The fourth-order valence-electron chi connectivity index (χ4n) is 3.73. The van der Waals surface area contributed by atoms with Crippen molar-refractivity contribution in [1.82, 2.24) is 9.88 Å². The summed E-state index contributed by atoms with van der Waals surface area (Å²) in [6.07, 6.45) is 2.21. The van der Waals surface area contributed by atoms with Gasteiger partial charge in [0.15, 0.2) is 5.11 Å². The van der Waals surface area contributed by atoms with Gasteiger partial charge in [-0.05, 0) is 61.1 Å². The molecule has 2 heterocycles. The average molecular weight is 408 g/mol. The number of hydrogen-bond donors (Lipinski definition) is 2. The maximum Gasteiger partial charge on any atom is 0.253 e. The summed E-state index contributed by atoms with van der Waals surface area (Å²) in [6.45, 7) is 3.87. The zero-order chi connectivity index (χ0) is 20.2. The topological polar surface area (TPSA) is 57.4 Å². The van der Waals surface area contributed by atoms with E-state index in [0.29, 0.717) is 23.8 Å². The molecule has 150 valence electrons. The molecular formula is C23H25N3O2S. The van der Waals surface area contributed by atoms with Crippen molar-refractivity contribution in [1.29, 1.82) is 0 Å². The summed E-state index contributed by atoms with van der Waals surface area (Å²) in [5.41, 5.74) is 3.49. The van der Waals surface area contributed by atoms with Gasteiger partial charge in [-0.25, -0.2) is 0 Å². The van der Waals surface area contributed by atoms with Crippen LogP contribution in [0.3, 0.4) is 0 Å². The van der Waals surface area contributed by atoms with Gasteiger partial charge in [-0.1, -0.05) is 36.4 Å². The van der Waals surface area contributed by atoms with Crippen molar-refractivity contribution >= 4 is 33.9 Å². The smallest absolute Gasteiger partial charge is 0.253 e. The number of nitrogens with zero attached hydrogens (tertiary/aromatic N) is 1. The van der Waals surface area contributed by atoms with Crippen molar-refractivity contribution in [2.75, 3.05) is 18.5 Å². The number of pyridine rings is 1. The number of fused-ring (bicyclic) bond motifs is 1. The van der Waals surface area contributed by atoms with Gasteiger partial charge in [0.25, 0.3) is 5.56 Å². The van der Waals surface area contributed by atoms with Gasteiger partial charge in [-0.15, -0.1) is 0 Å². The van der Waals surface area contributed by atoms with Crippen LogP contribution >= 0.6 is 12.2 Å². The van der Waals surface area contributed by atoms with Gasteiger partial charge in [0, 0.05) is 24.4 Å². The Morgan fingerprint density at radius 2 is 2.07 bits per heavy atom. The van der Waals surface area contributed by atoms with Gasteiger partial charge < -0.3 is 19.9 Å². The van der Waals surface area contributed by atoms with Gasteiger partial charge in [0.05, 0.1) is 18.2 Å². The predicted octanol–water partition coefficient (Wildman–Crippen LogP) is 4.21. The Balaban J connectivity index is 1.60. The third kappa shape index (κ3) is 4.66. The standard InChI is InChI=1S/C23H25N3O2S/c1-16-7-5-8-17-13-18(22(27)25-21(16)17)14-26(15-20-11-6-12-28-20)23(29)24-19-9-3-2-4-10-19/h2-5,7-10,13,20H,6,11-12,14-15H2,1H3,(H,24,29)(H,25,27)/t20-/m1/s1. The molecular weight excluding hydrogens is 382 g/mol. The van der Waals surface area contributed by atoms with Crippen LogP contribution in [0.15, 0.2) is 59.4 Å². The third-order valence-corrected chi connectivity index (χ3v) is 5.65. The van der Waals surface area contributed by atoms with Crippen molar-refractivity contribution in [2.45, 2.75) is 32.4 Å². The molecule has 4 rings (SSSR count). The molecule has 0 bridgehead atoms. The number of benzene rings is 2. The minimum Gasteiger partial charge on any atom is -0.376 e. The summed E-state index contributed by atoms with van der Waals surface area (Å²) < 4.78 is 5.82. The highest BCUT2D eigenvalue weighted by atomic mass is 32.1. The molecule has 0 aliphatic carbocycles. The van der Waals surface area contributed by atoms with Crippen LogP contribution in [0.5, 0.6) is 0 Å². The normalized spacial score (nSPS) is 16.1. The van der Waals surface area contributed by atoms with Crippen molar-refractivity contribution < 1.29 is 4.74 Å². The lowest BCUT2D eigenvalue weighted by Crippen LogP contribution is -2.40. The minimum absolute atomic E-state index is 0.0772. The zero-order valence-electron chi connectivity index (χ0n) is 16.5. The first-order chi connectivity index (χ1) is 14.1. The van der Waals surface area contributed by atoms with Crippen LogP contribution in [0.4, 0.5) is 5.69 Å². The molecule has 1 aromatic heterocycles. The highest BCUT2D eigenvalue weighted by molar-refractivity contribution is 7.80. The molecule has 0 spiro atoms. The number of rotatable bonds is 5. The van der Waals surface area contributed by atoms with Crippen LogP contribution in [0.2, 0.25) is 0 Å². The second kappa shape index (κ2) is 8.76. The van der Waals surface area contributed by atoms with E-state index in [4.69, 9.17) is 17.0 Å². The Bertz CT molecular complexity index is 1060. The third-order valence-electron chi connectivity index (χ3n) is 5.29. The van der Waals surface area contributed by atoms with E-state index in [1.165, 1.54) is 0 Å². The van der Waals surface area contributed by atoms with Crippen molar-refractivity contribution in [3.05, 3.63) is 76.1 Å². The van der Waals surface area contributed by atoms with Crippen LogP contribution < -0.4 is 10.9 Å². The molecule has 1 aliphatic heterocycles. The summed E-state index contributed by atoms with van der Waals surface area (Å²) in [5, 5.41) is 4.91. The lowest BCUT2D eigenvalue weighted by Gasteiger charge is -2.28. The molecule has 1 atom stereocenters. The monoisotopic (exact) mass is 407 g/mol. The lowest BCUT2D eigenvalue weighted by atomic mass is 10.1. The Kier molecular flexibility index (Phi) is 5.92. The number of anilines is 1. The molecule has 0 saturated carbocycles. The number of para-hydroxylation sites is 2. The fraction of sp³-hybridized carbons (Fsp3) is 0.304. The van der Waals surface area contributed by atoms with Crippen molar-refractivity contribution in [3.8, 4) is 0 Å². The molecule has 1 saturated heterocycles. The number of aromatic amines is 1. The first-order valence-electron chi connectivity index (χ1n) is 9.94. The number of thiocarbonyl (C=S) groups is 1. The highest BCUT2D eigenvalue weighted by Crippen LogP contribution is 2.19. The van der Waals surface area contributed by atoms with Gasteiger partial charge >= 0.3 is 0 Å². The van der Waals surface area contributed by atoms with Crippen LogP contribution in [0.25, 0.3) is 10.9 Å². The molecule has 1 fully saturated rings. The fourth-order valence-corrected chi connectivity index (χ4v) is 3.99. The summed E-state index contributed by atoms with van der Waals surface area (Å²) in [4.78, 5) is 17.8. The number of hydrogen-bond acceptors (Lipinski definition) is 3. The molecule has 0 radical (unpaired) electrons. The van der Waals surface area contributed by atoms with Crippen LogP contribution in [0.1, 0.15) is 24.0 Å². The molecule has 6 heteroatoms. The first kappa shape index (κ1) is 19.6. The van der Waals surface area contributed by atoms with E-state index in [1.54, 1.807) is 0 Å². The number of nitrogens with one attached hydrogen (secondary N) is 2. The van der Waals surface area contributed by atoms with E-state index in [1.807, 2.05) is 66.4 Å². The Hall–Kier alpha value is -2.70. The van der Waals surface area contributed by atoms with E-state index in [0.717, 1.165) is 41.6 Å². The van der Waals surface area contributed by atoms with E-state index in [9.17, 15) is 4.79 Å². The largest absolute Gasteiger partial charge is 0.376 e. The van der Waals surface area contributed by atoms with Gasteiger partial charge in [-0.3, -0.25) is 4.79 Å². The van der Waals surface area contributed by atoms with Gasteiger partial charge in [-0.2, -0.15) is 0 Å². The van der Waals surface area contributed by atoms with Gasteiger partial charge in [0.1, 0.15) is 0 Å². The molecule has 1 aliphatic rings. The van der Waals surface area contributed by atoms with Crippen LogP contribution in [-0.4, -0.2) is 34.3 Å². The molecule has 0 unspecified atom stereocenters. The highest BCUT2D eigenvalue weighted by Gasteiger charge is 2.22. The van der Waals surface area contributed by atoms with Crippen molar-refractivity contribution in [2.24, 2.45) is 0 Å². The Morgan fingerprint density at radius 1 is 1.24 bits per heavy atom. The second-order valence-corrected chi connectivity index (χ2v) is 7.86. The molecule has 2 N–H and O–H groups in total. The molecule has 5 nitrogen and oxygen atoms in total. The quantitative estimate of drug-likeness (QED) is 0.621.